The molecule has 3 aromatic rings. The molecule has 292 valence electrons. The predicted octanol–water partition coefficient (Wildman–Crippen LogP) is 0.987. The fourth-order valence-corrected chi connectivity index (χ4v) is 5.82. The molecule has 0 aliphatic carbocycles. The number of rotatable bonds is 21. The normalized spacial score (nSPS) is 14.0. The Bertz CT molecular complexity index is 1780. The number of carboxylic acid groups (broad SMARTS) is 2. The van der Waals surface area contributed by atoms with Gasteiger partial charge in [0, 0.05) is 29.9 Å². The molecule has 10 N–H and O–H groups in total. The summed E-state index contributed by atoms with van der Waals surface area (Å²) in [5, 5.41) is 31.9. The van der Waals surface area contributed by atoms with Crippen LogP contribution in [0.15, 0.2) is 60.8 Å². The van der Waals surface area contributed by atoms with Gasteiger partial charge in [-0.2, -0.15) is 0 Å². The number of para-hydroxylation sites is 1. The second kappa shape index (κ2) is 20.5. The highest BCUT2D eigenvalue weighted by Crippen LogP contribution is 2.20. The van der Waals surface area contributed by atoms with E-state index in [1.165, 1.54) is 0 Å². The number of nitrogens with one attached hydrogen (secondary N) is 6. The molecule has 0 aliphatic rings. The van der Waals surface area contributed by atoms with Gasteiger partial charge in [-0.05, 0) is 48.3 Å². The zero-order valence-electron chi connectivity index (χ0n) is 30.9. The third-order valence-electron chi connectivity index (χ3n) is 8.65. The molecule has 0 bridgehead atoms. The van der Waals surface area contributed by atoms with Crippen LogP contribution in [0.2, 0.25) is 0 Å². The van der Waals surface area contributed by atoms with Crippen molar-refractivity contribution in [3.63, 3.8) is 0 Å². The lowest BCUT2D eigenvalue weighted by Crippen LogP contribution is -2.60. The molecule has 3 rings (SSSR count). The summed E-state index contributed by atoms with van der Waals surface area (Å²) in [5.74, 6) is -6.90. The molecule has 0 radical (unpaired) electrons. The number of carbonyl (C=O) groups is 7. The van der Waals surface area contributed by atoms with Crippen molar-refractivity contribution in [2.75, 3.05) is 6.54 Å². The fourth-order valence-electron chi connectivity index (χ4n) is 5.82. The minimum atomic E-state index is -1.44. The molecule has 2 aromatic carbocycles. The maximum Gasteiger partial charge on any atom is 0.322 e. The van der Waals surface area contributed by atoms with E-state index in [0.717, 1.165) is 22.0 Å². The highest BCUT2D eigenvalue weighted by atomic mass is 16.4. The first kappa shape index (κ1) is 42.6. The van der Waals surface area contributed by atoms with Gasteiger partial charge in [0.2, 0.25) is 29.5 Å². The number of aromatic amines is 1. The van der Waals surface area contributed by atoms with E-state index < -0.39 is 90.6 Å². The zero-order chi connectivity index (χ0) is 39.9. The highest BCUT2D eigenvalue weighted by molar-refractivity contribution is 5.97. The number of hydrogen-bond acceptors (Lipinski definition) is 8. The Balaban J connectivity index is 1.84. The largest absolute Gasteiger partial charge is 0.481 e. The topological polar surface area (TPSA) is 262 Å². The average molecular weight is 750 g/mol. The Morgan fingerprint density at radius 3 is 1.93 bits per heavy atom. The van der Waals surface area contributed by atoms with Crippen molar-refractivity contribution in [3.05, 3.63) is 71.9 Å². The number of fused-ring (bicyclic) bond motifs is 1. The molecule has 0 fully saturated rings. The van der Waals surface area contributed by atoms with Gasteiger partial charge in [-0.1, -0.05) is 76.2 Å². The number of benzene rings is 2. The number of hydrogen-bond donors (Lipinski definition) is 9. The van der Waals surface area contributed by atoms with Gasteiger partial charge in [-0.3, -0.25) is 33.6 Å². The van der Waals surface area contributed by atoms with E-state index in [2.05, 4.69) is 31.6 Å². The van der Waals surface area contributed by atoms with Crippen LogP contribution in [0.25, 0.3) is 10.9 Å². The Morgan fingerprint density at radius 2 is 1.30 bits per heavy atom. The van der Waals surface area contributed by atoms with Crippen molar-refractivity contribution < 1.29 is 43.8 Å². The standard InChI is InChI=1S/C38H51N7O9/c1-21(2)16-29(35(51)41-20-32(48)49)44-36(52)28(14-15-31(46)47)42-38(54)33(22(3)4)45-37(53)30(18-24-19-40-27-13-9-8-12-25(24)27)43-34(50)26(39)17-23-10-6-5-7-11-23/h5-13,19,21-22,26,28-30,33,40H,14-18,20,39H2,1-4H3,(H,41,51)(H,42,54)(H,43,50)(H,44,52)(H,45,53)(H,46,47)(H,48,49)/t26-,28-,29-,30-,33-/m0/s1. The summed E-state index contributed by atoms with van der Waals surface area (Å²) in [6, 6.07) is 10.5. The second-order valence-corrected chi connectivity index (χ2v) is 13.9. The molecule has 1 aromatic heterocycles. The lowest BCUT2D eigenvalue weighted by Gasteiger charge is -2.28. The fraction of sp³-hybridized carbons (Fsp3) is 0.447. The Morgan fingerprint density at radius 1 is 0.685 bits per heavy atom. The number of H-pyrrole nitrogens is 1. The van der Waals surface area contributed by atoms with Crippen LogP contribution < -0.4 is 32.3 Å². The molecule has 1 heterocycles. The van der Waals surface area contributed by atoms with Crippen LogP contribution in [0.1, 0.15) is 58.1 Å². The van der Waals surface area contributed by atoms with Crippen LogP contribution in [0.5, 0.6) is 0 Å². The summed E-state index contributed by atoms with van der Waals surface area (Å²) in [4.78, 5) is 93.1. The minimum Gasteiger partial charge on any atom is -0.481 e. The van der Waals surface area contributed by atoms with E-state index in [1.807, 2.05) is 54.6 Å². The third kappa shape index (κ3) is 13.3. The number of carboxylic acids is 2. The molecule has 0 saturated heterocycles. The Kier molecular flexibility index (Phi) is 16.2. The van der Waals surface area contributed by atoms with Crippen LogP contribution in [0.4, 0.5) is 0 Å². The molecule has 0 unspecified atom stereocenters. The third-order valence-corrected chi connectivity index (χ3v) is 8.65. The number of nitrogens with two attached hydrogens (primary N) is 1. The monoisotopic (exact) mass is 749 g/mol. The van der Waals surface area contributed by atoms with Crippen molar-refractivity contribution in [1.82, 2.24) is 31.6 Å². The smallest absolute Gasteiger partial charge is 0.322 e. The van der Waals surface area contributed by atoms with Gasteiger partial charge in [-0.25, -0.2) is 0 Å². The quantitative estimate of drug-likeness (QED) is 0.0746. The number of amides is 5. The summed E-state index contributed by atoms with van der Waals surface area (Å²) in [5.41, 5.74) is 8.63. The first-order chi connectivity index (χ1) is 25.5. The van der Waals surface area contributed by atoms with Gasteiger partial charge in [0.25, 0.3) is 0 Å². The Labute approximate surface area is 313 Å². The molecule has 54 heavy (non-hydrogen) atoms. The number of aliphatic carboxylic acids is 2. The van der Waals surface area contributed by atoms with E-state index >= 15 is 0 Å². The number of carbonyl (C=O) groups excluding carboxylic acids is 5. The molecule has 5 atom stereocenters. The number of aromatic nitrogens is 1. The first-order valence-electron chi connectivity index (χ1n) is 17.8. The minimum absolute atomic E-state index is 0.0386. The maximum atomic E-state index is 14.0. The maximum absolute atomic E-state index is 14.0. The van der Waals surface area contributed by atoms with Crippen LogP contribution >= 0.6 is 0 Å². The molecule has 0 saturated carbocycles. The molecular weight excluding hydrogens is 698 g/mol. The van der Waals surface area contributed by atoms with Crippen LogP contribution in [-0.4, -0.2) is 93.4 Å². The lowest BCUT2D eigenvalue weighted by atomic mass is 9.99. The summed E-state index contributed by atoms with van der Waals surface area (Å²) >= 11 is 0. The molecule has 16 heteroatoms. The van der Waals surface area contributed by atoms with Crippen LogP contribution in [-0.2, 0) is 46.4 Å². The van der Waals surface area contributed by atoms with Crippen molar-refractivity contribution in [2.24, 2.45) is 17.6 Å². The van der Waals surface area contributed by atoms with E-state index in [-0.39, 0.29) is 31.6 Å². The van der Waals surface area contributed by atoms with E-state index in [0.29, 0.717) is 0 Å². The summed E-state index contributed by atoms with van der Waals surface area (Å²) < 4.78 is 0. The summed E-state index contributed by atoms with van der Waals surface area (Å²) in [6.07, 6.45) is 1.24. The lowest BCUT2D eigenvalue weighted by molar-refractivity contribution is -0.139. The predicted molar refractivity (Wildman–Crippen MR) is 200 cm³/mol. The van der Waals surface area contributed by atoms with Crippen molar-refractivity contribution >= 4 is 52.4 Å². The van der Waals surface area contributed by atoms with Gasteiger partial charge in [0.15, 0.2) is 0 Å². The molecule has 16 nitrogen and oxygen atoms in total. The Hall–Kier alpha value is -5.77. The second-order valence-electron chi connectivity index (χ2n) is 13.9. The molecular formula is C38H51N7O9. The first-order valence-corrected chi connectivity index (χ1v) is 17.8. The van der Waals surface area contributed by atoms with E-state index in [9.17, 15) is 38.7 Å². The van der Waals surface area contributed by atoms with Gasteiger partial charge in [0.1, 0.15) is 30.7 Å². The van der Waals surface area contributed by atoms with Gasteiger partial charge < -0.3 is 47.5 Å². The van der Waals surface area contributed by atoms with Crippen LogP contribution in [0.3, 0.4) is 0 Å². The highest BCUT2D eigenvalue weighted by Gasteiger charge is 2.34. The SMILES string of the molecule is CC(C)C[C@H](NC(=O)[C@H](CCC(=O)O)NC(=O)[C@@H](NC(=O)[C@H](Cc1c[nH]c2ccccc12)NC(=O)[C@@H](N)Cc1ccccc1)C(C)C)C(=O)NCC(=O)O. The summed E-state index contributed by atoms with van der Waals surface area (Å²) in [7, 11) is 0. The molecule has 0 spiro atoms. The van der Waals surface area contributed by atoms with Crippen molar-refractivity contribution in [1.29, 1.82) is 0 Å². The molecule has 0 aliphatic heterocycles. The van der Waals surface area contributed by atoms with Gasteiger partial charge >= 0.3 is 11.9 Å². The van der Waals surface area contributed by atoms with Crippen molar-refractivity contribution in [3.8, 4) is 0 Å². The van der Waals surface area contributed by atoms with Crippen LogP contribution in [0, 0.1) is 11.8 Å². The van der Waals surface area contributed by atoms with E-state index in [1.54, 1.807) is 33.9 Å². The summed E-state index contributed by atoms with van der Waals surface area (Å²) in [6.45, 7) is 6.21. The van der Waals surface area contributed by atoms with Gasteiger partial charge in [-0.15, -0.1) is 0 Å². The molecule has 5 amide bonds. The zero-order valence-corrected chi connectivity index (χ0v) is 30.9. The average Bonchev–Trinajstić information content (AvgIpc) is 3.52. The van der Waals surface area contributed by atoms with E-state index in [4.69, 9.17) is 10.8 Å². The van der Waals surface area contributed by atoms with Gasteiger partial charge in [0.05, 0.1) is 6.04 Å². The van der Waals surface area contributed by atoms with Crippen molar-refractivity contribution in [2.45, 2.75) is 90.0 Å².